The van der Waals surface area contributed by atoms with E-state index in [0.717, 1.165) is 83.0 Å². The van der Waals surface area contributed by atoms with E-state index in [1.54, 1.807) is 29.9 Å². The van der Waals surface area contributed by atoms with Crippen molar-refractivity contribution in [3.05, 3.63) is 48.2 Å². The number of amides is 4. The number of aryl methyl sites for hydroxylation is 1. The van der Waals surface area contributed by atoms with Crippen LogP contribution in [0.25, 0.3) is 0 Å². The Hall–Kier alpha value is -6.33. The van der Waals surface area contributed by atoms with Crippen molar-refractivity contribution in [3.8, 4) is 11.8 Å². The molecule has 20 heteroatoms. The minimum absolute atomic E-state index is 0.0455. The van der Waals surface area contributed by atoms with Crippen molar-refractivity contribution in [1.29, 1.82) is 0 Å². The van der Waals surface area contributed by atoms with Crippen LogP contribution in [0.4, 0.5) is 33.2 Å². The Kier molecular flexibility index (Phi) is 15.9. The van der Waals surface area contributed by atoms with Crippen LogP contribution in [-0.4, -0.2) is 152 Å². The van der Waals surface area contributed by atoms with Gasteiger partial charge in [-0.25, -0.2) is 14.2 Å². The standard InChI is InChI=1S/C52H69FN12O7/c1-3-72-50(70)41-32-54-51(58-39-31-55-61(2)33-39)60-46(41)57-37-8-11-40(12-9-37)62-26-28-65(29-27-62)49(69)36-6-4-35(5-7-36)48(68)64-22-17-34(18-23-64)16-19-52(71)20-24-63(25-21-52)44-14-10-38(30-42(44)53)56-43-13-15-45(66)59-47(43)67/h10,14,30-37,40,43,56,71H,3-9,11-13,15,17-18,20-29H2,1-2H3,(H,59,66,67)(H2,54,57,58,60). The third-order valence-electron chi connectivity index (χ3n) is 15.6. The van der Waals surface area contributed by atoms with Gasteiger partial charge >= 0.3 is 5.97 Å². The van der Waals surface area contributed by atoms with Crippen LogP contribution >= 0.6 is 0 Å². The van der Waals surface area contributed by atoms with E-state index in [0.29, 0.717) is 93.3 Å². The lowest BCUT2D eigenvalue weighted by Gasteiger charge is -2.43. The molecule has 19 nitrogen and oxygen atoms in total. The molecule has 5 N–H and O–H groups in total. The van der Waals surface area contributed by atoms with E-state index in [1.807, 2.05) is 27.9 Å². The number of nitrogens with one attached hydrogen (secondary N) is 4. The molecule has 0 bridgehead atoms. The summed E-state index contributed by atoms with van der Waals surface area (Å²) in [6, 6.07) is 4.71. The van der Waals surface area contributed by atoms with E-state index in [4.69, 9.17) is 4.74 Å². The van der Waals surface area contributed by atoms with Crippen LogP contribution in [0.15, 0.2) is 36.8 Å². The van der Waals surface area contributed by atoms with E-state index in [2.05, 4.69) is 53.1 Å². The molecule has 3 aromatic rings. The van der Waals surface area contributed by atoms with Gasteiger partial charge in [0, 0.05) is 127 Å². The molecule has 6 aliphatic rings. The number of rotatable bonds is 12. The summed E-state index contributed by atoms with van der Waals surface area (Å²) in [6.45, 7) is 7.26. The fourth-order valence-electron chi connectivity index (χ4n) is 11.3. The predicted molar refractivity (Wildman–Crippen MR) is 267 cm³/mol. The maximum atomic E-state index is 15.3. The highest BCUT2D eigenvalue weighted by molar-refractivity contribution is 6.01. The highest BCUT2D eigenvalue weighted by atomic mass is 19.1. The molecular weight excluding hydrogens is 924 g/mol. The maximum absolute atomic E-state index is 15.3. The first kappa shape index (κ1) is 50.6. The fraction of sp³-hybridized carbons (Fsp3) is 0.615. The number of hydrogen-bond acceptors (Lipinski definition) is 15. The molecule has 1 aromatic carbocycles. The number of hydrogen-bond donors (Lipinski definition) is 5. The number of aromatic nitrogens is 4. The Morgan fingerprint density at radius 2 is 1.53 bits per heavy atom. The predicted octanol–water partition coefficient (Wildman–Crippen LogP) is 4.43. The minimum Gasteiger partial charge on any atom is -0.462 e. The quantitative estimate of drug-likeness (QED) is 0.0963. The lowest BCUT2D eigenvalue weighted by molar-refractivity contribution is -0.143. The smallest absolute Gasteiger partial charge is 0.343 e. The van der Waals surface area contributed by atoms with Crippen LogP contribution < -0.4 is 26.2 Å². The number of carbonyl (C=O) groups excluding carboxylic acids is 5. The van der Waals surface area contributed by atoms with Crippen LogP contribution in [0.5, 0.6) is 0 Å². The summed E-state index contributed by atoms with van der Waals surface area (Å²) >= 11 is 0. The van der Waals surface area contributed by atoms with Gasteiger partial charge in [0.1, 0.15) is 28.8 Å². The number of nitrogens with zero attached hydrogens (tertiary/aromatic N) is 8. The Labute approximate surface area is 420 Å². The average Bonchev–Trinajstić information content (AvgIpc) is 3.81. The number of ether oxygens (including phenoxy) is 1. The van der Waals surface area contributed by atoms with Crippen molar-refractivity contribution >= 4 is 58.4 Å². The van der Waals surface area contributed by atoms with Crippen LogP contribution in [0.1, 0.15) is 107 Å². The number of aliphatic hydroxyl groups is 1. The van der Waals surface area contributed by atoms with E-state index in [9.17, 15) is 29.1 Å². The first-order valence-electron chi connectivity index (χ1n) is 26.1. The molecule has 1 atom stereocenters. The topological polar surface area (TPSA) is 219 Å². The summed E-state index contributed by atoms with van der Waals surface area (Å²) in [5.74, 6) is 6.05. The molecule has 6 fully saturated rings. The van der Waals surface area contributed by atoms with Crippen molar-refractivity contribution in [1.82, 2.24) is 39.8 Å². The molecule has 4 amide bonds. The monoisotopic (exact) mass is 993 g/mol. The molecule has 6 heterocycles. The number of imide groups is 1. The second-order valence-electron chi connectivity index (χ2n) is 20.5. The number of esters is 1. The Morgan fingerprint density at radius 1 is 0.847 bits per heavy atom. The van der Waals surface area contributed by atoms with E-state index < -0.39 is 29.3 Å². The molecule has 2 aliphatic carbocycles. The maximum Gasteiger partial charge on any atom is 0.343 e. The molecule has 0 spiro atoms. The van der Waals surface area contributed by atoms with Crippen LogP contribution in [0, 0.1) is 35.4 Å². The van der Waals surface area contributed by atoms with Crippen molar-refractivity contribution in [2.75, 3.05) is 79.8 Å². The second kappa shape index (κ2) is 22.6. The minimum atomic E-state index is -1.17. The molecule has 2 aromatic heterocycles. The van der Waals surface area contributed by atoms with Crippen molar-refractivity contribution in [2.45, 2.75) is 121 Å². The van der Waals surface area contributed by atoms with Crippen LogP contribution in [0.3, 0.4) is 0 Å². The van der Waals surface area contributed by atoms with Crippen LogP contribution in [-0.2, 0) is 31.0 Å². The third kappa shape index (κ3) is 12.3. The zero-order valence-corrected chi connectivity index (χ0v) is 41.5. The molecule has 0 radical (unpaired) electrons. The molecule has 4 saturated heterocycles. The normalized spacial score (nSPS) is 25.2. The molecule has 9 rings (SSSR count). The van der Waals surface area contributed by atoms with Gasteiger partial charge in [0.15, 0.2) is 0 Å². The Morgan fingerprint density at radius 3 is 2.15 bits per heavy atom. The lowest BCUT2D eigenvalue weighted by atomic mass is 9.80. The first-order chi connectivity index (χ1) is 34.8. The number of carbonyl (C=O) groups is 5. The van der Waals surface area contributed by atoms with E-state index in [1.165, 1.54) is 12.3 Å². The third-order valence-corrected chi connectivity index (χ3v) is 15.6. The fourth-order valence-corrected chi connectivity index (χ4v) is 11.3. The van der Waals surface area contributed by atoms with Gasteiger partial charge in [0.05, 0.1) is 24.2 Å². The van der Waals surface area contributed by atoms with Crippen molar-refractivity contribution in [2.24, 2.45) is 24.8 Å². The molecule has 4 aliphatic heterocycles. The molecular formula is C52H69FN12O7. The number of likely N-dealkylation sites (tertiary alicyclic amines) is 1. The Bertz CT molecular complexity index is 2510. The SMILES string of the molecule is CCOC(=O)c1cnc(Nc2cnn(C)c2)nc1NC1CCC(N2CCN(C(=O)C3CCC(C(=O)N4CCC(C#CC5(O)CCN(c6ccc(NC7CCC(=O)NC7=O)cc6F)CC5)CC4)CC3)CC2)CC1. The van der Waals surface area contributed by atoms with Crippen molar-refractivity contribution in [3.63, 3.8) is 0 Å². The van der Waals surface area contributed by atoms with Gasteiger partial charge in [-0.05, 0) is 95.8 Å². The molecule has 72 heavy (non-hydrogen) atoms. The molecule has 1 unspecified atom stereocenters. The summed E-state index contributed by atoms with van der Waals surface area (Å²) < 4.78 is 22.2. The highest BCUT2D eigenvalue weighted by Crippen LogP contribution is 2.35. The Balaban J connectivity index is 0.663. The van der Waals surface area contributed by atoms with Gasteiger partial charge in [-0.2, -0.15) is 10.1 Å². The zero-order valence-electron chi connectivity index (χ0n) is 41.5. The first-order valence-corrected chi connectivity index (χ1v) is 26.1. The summed E-state index contributed by atoms with van der Waals surface area (Å²) in [5, 5.41) is 27.5. The van der Waals surface area contributed by atoms with Gasteiger partial charge in [-0.15, -0.1) is 0 Å². The number of piperidine rings is 3. The van der Waals surface area contributed by atoms with Gasteiger partial charge in [-0.3, -0.25) is 34.1 Å². The van der Waals surface area contributed by atoms with E-state index >= 15 is 4.39 Å². The summed E-state index contributed by atoms with van der Waals surface area (Å²) in [7, 11) is 1.83. The van der Waals surface area contributed by atoms with Gasteiger partial charge in [0.25, 0.3) is 0 Å². The van der Waals surface area contributed by atoms with Crippen LogP contribution in [0.2, 0.25) is 0 Å². The lowest BCUT2D eigenvalue weighted by Crippen LogP contribution is -2.54. The summed E-state index contributed by atoms with van der Waals surface area (Å²) in [4.78, 5) is 81.3. The molecule has 386 valence electrons. The zero-order chi connectivity index (χ0) is 50.4. The second-order valence-corrected chi connectivity index (χ2v) is 20.5. The van der Waals surface area contributed by atoms with Gasteiger partial charge in [0.2, 0.25) is 29.6 Å². The van der Waals surface area contributed by atoms with Crippen molar-refractivity contribution < 1.29 is 38.2 Å². The number of piperazine rings is 1. The summed E-state index contributed by atoms with van der Waals surface area (Å²) in [5.41, 5.74) is 0.758. The van der Waals surface area contributed by atoms with Gasteiger partial charge < -0.3 is 40.5 Å². The van der Waals surface area contributed by atoms with Gasteiger partial charge in [-0.1, -0.05) is 11.8 Å². The number of halogens is 1. The van der Waals surface area contributed by atoms with E-state index in [-0.39, 0.29) is 54.5 Å². The number of benzene rings is 1. The molecule has 2 saturated carbocycles. The number of anilines is 5. The highest BCUT2D eigenvalue weighted by Gasteiger charge is 2.38. The summed E-state index contributed by atoms with van der Waals surface area (Å²) in [6.07, 6.45) is 14.6. The average molecular weight is 993 g/mol. The largest absolute Gasteiger partial charge is 0.462 e.